The van der Waals surface area contributed by atoms with Crippen LogP contribution in [-0.2, 0) is 21.5 Å². The van der Waals surface area contributed by atoms with Crippen LogP contribution in [0.1, 0.15) is 84.5 Å². The molecule has 32 heavy (non-hydrogen) atoms. The highest BCUT2D eigenvalue weighted by Crippen LogP contribution is 2.36. The fraction of sp³-hybridized carbons (Fsp3) is 0.462. The molecule has 2 rings (SSSR count). The maximum Gasteiger partial charge on any atom is 0.151 e. The van der Waals surface area contributed by atoms with Crippen LogP contribution in [0.2, 0.25) is 0 Å². The summed E-state index contributed by atoms with van der Waals surface area (Å²) in [5.41, 5.74) is 6.14. The summed E-state index contributed by atoms with van der Waals surface area (Å²) in [5.74, 6) is 1.70. The molecule has 0 N–H and O–H groups in total. The number of rotatable bonds is 9. The average molecular weight is 600 g/mol. The second-order valence-corrected chi connectivity index (χ2v) is 13.1. The largest absolute Gasteiger partial charge is 0.298 e. The minimum Gasteiger partial charge on any atom is -0.298 e. The zero-order chi connectivity index (χ0) is 24.1. The molecule has 6 heteroatoms. The minimum absolute atomic E-state index is 0.00967. The van der Waals surface area contributed by atoms with E-state index in [1.165, 1.54) is 11.1 Å². The predicted octanol–water partition coefficient (Wildman–Crippen LogP) is 8.58. The predicted molar refractivity (Wildman–Crippen MR) is 148 cm³/mol. The summed E-state index contributed by atoms with van der Waals surface area (Å²) < 4.78 is 0. The molecule has 0 aromatic heterocycles. The highest BCUT2D eigenvalue weighted by Gasteiger charge is 2.20. The van der Waals surface area contributed by atoms with Gasteiger partial charge < -0.3 is 0 Å². The van der Waals surface area contributed by atoms with E-state index in [9.17, 15) is 9.59 Å². The van der Waals surface area contributed by atoms with Gasteiger partial charge in [-0.25, -0.2) is 0 Å². The maximum absolute atomic E-state index is 11.8. The first-order chi connectivity index (χ1) is 15.0. The molecule has 0 saturated heterocycles. The third kappa shape index (κ3) is 6.97. The molecular weight excluding hydrogens is 568 g/mol. The van der Waals surface area contributed by atoms with Gasteiger partial charge in [0.05, 0.1) is 0 Å². The van der Waals surface area contributed by atoms with Crippen LogP contribution in [0.5, 0.6) is 0 Å². The molecule has 0 bridgehead atoms. The van der Waals surface area contributed by atoms with Crippen molar-refractivity contribution in [3.8, 4) is 0 Å². The van der Waals surface area contributed by atoms with Crippen LogP contribution in [0.25, 0.3) is 0 Å². The van der Waals surface area contributed by atoms with Crippen molar-refractivity contribution in [2.75, 3.05) is 11.5 Å². The van der Waals surface area contributed by atoms with E-state index in [1.807, 2.05) is 12.1 Å². The summed E-state index contributed by atoms with van der Waals surface area (Å²) in [6.07, 6.45) is 1.94. The van der Waals surface area contributed by atoms with Gasteiger partial charge in [0.25, 0.3) is 0 Å². The fourth-order valence-corrected chi connectivity index (χ4v) is 6.82. The van der Waals surface area contributed by atoms with E-state index in [2.05, 4.69) is 85.5 Å². The molecule has 2 aromatic rings. The normalized spacial score (nSPS) is 12.1. The Morgan fingerprint density at radius 3 is 1.28 bits per heavy atom. The van der Waals surface area contributed by atoms with Crippen molar-refractivity contribution in [1.29, 1.82) is 0 Å². The Hall–Kier alpha value is -0.560. The Kier molecular flexibility index (Phi) is 10.1. The Labute approximate surface area is 218 Å². The van der Waals surface area contributed by atoms with Crippen LogP contribution in [0.15, 0.2) is 34.1 Å². The standard InChI is InChI=1S/C26H32Br2O2S2/c1-25(2,3)21-9-17(13-27)23(19(11-21)15-29)31-7-8-32-24-18(14-28)10-22(26(4,5)6)12-20(24)16-30/h9-12,15-16H,7-8,13-14H2,1-6H3. The van der Waals surface area contributed by atoms with Gasteiger partial charge in [0, 0.05) is 43.1 Å². The van der Waals surface area contributed by atoms with Crippen LogP contribution in [0.4, 0.5) is 0 Å². The number of halogens is 2. The topological polar surface area (TPSA) is 34.1 Å². The van der Waals surface area contributed by atoms with Crippen LogP contribution >= 0.6 is 55.4 Å². The summed E-state index contributed by atoms with van der Waals surface area (Å²) in [5, 5.41) is 1.43. The highest BCUT2D eigenvalue weighted by molar-refractivity contribution is 9.08. The monoisotopic (exact) mass is 598 g/mol. The highest BCUT2D eigenvalue weighted by atomic mass is 79.9. The number of aldehydes is 2. The molecule has 0 aliphatic rings. The molecule has 0 spiro atoms. The number of carbonyl (C=O) groups is 2. The summed E-state index contributed by atoms with van der Waals surface area (Å²) in [7, 11) is 0. The molecule has 0 heterocycles. The number of carbonyl (C=O) groups excluding carboxylic acids is 2. The van der Waals surface area contributed by atoms with E-state index in [0.717, 1.165) is 56.1 Å². The number of alkyl halides is 2. The van der Waals surface area contributed by atoms with Gasteiger partial charge >= 0.3 is 0 Å². The van der Waals surface area contributed by atoms with Gasteiger partial charge in [-0.2, -0.15) is 0 Å². The van der Waals surface area contributed by atoms with E-state index < -0.39 is 0 Å². The van der Waals surface area contributed by atoms with E-state index in [0.29, 0.717) is 10.7 Å². The average Bonchev–Trinajstić information content (AvgIpc) is 2.74. The van der Waals surface area contributed by atoms with Crippen molar-refractivity contribution in [1.82, 2.24) is 0 Å². The summed E-state index contributed by atoms with van der Waals surface area (Å²) in [4.78, 5) is 25.8. The first-order valence-electron chi connectivity index (χ1n) is 10.6. The Morgan fingerprint density at radius 1 is 0.688 bits per heavy atom. The molecule has 2 nitrogen and oxygen atoms in total. The first kappa shape index (κ1) is 27.7. The van der Waals surface area contributed by atoms with E-state index in [-0.39, 0.29) is 10.8 Å². The molecule has 0 atom stereocenters. The van der Waals surface area contributed by atoms with E-state index in [1.54, 1.807) is 23.5 Å². The van der Waals surface area contributed by atoms with Crippen molar-refractivity contribution in [3.05, 3.63) is 57.6 Å². The smallest absolute Gasteiger partial charge is 0.151 e. The molecule has 0 fully saturated rings. The second kappa shape index (κ2) is 11.7. The second-order valence-electron chi connectivity index (χ2n) is 9.81. The van der Waals surface area contributed by atoms with Crippen LogP contribution < -0.4 is 0 Å². The third-order valence-corrected chi connectivity index (χ3v) is 9.10. The molecule has 0 unspecified atom stereocenters. The number of thioether (sulfide) groups is 2. The SMILES string of the molecule is CC(C)(C)c1cc(C=O)c(SCCSc2c(C=O)cc(C(C)(C)C)cc2CBr)c(CBr)c1. The lowest BCUT2D eigenvalue weighted by Crippen LogP contribution is -2.13. The van der Waals surface area contributed by atoms with Crippen molar-refractivity contribution in [3.63, 3.8) is 0 Å². The van der Waals surface area contributed by atoms with Crippen LogP contribution in [-0.4, -0.2) is 24.1 Å². The van der Waals surface area contributed by atoms with Crippen LogP contribution in [0.3, 0.4) is 0 Å². The zero-order valence-electron chi connectivity index (χ0n) is 19.7. The zero-order valence-corrected chi connectivity index (χ0v) is 24.5. The Balaban J connectivity index is 2.22. The first-order valence-corrected chi connectivity index (χ1v) is 14.8. The Bertz CT molecular complexity index is 894. The molecule has 0 radical (unpaired) electrons. The molecule has 0 amide bonds. The minimum atomic E-state index is -0.00967. The van der Waals surface area contributed by atoms with Crippen molar-refractivity contribution in [2.45, 2.75) is 72.8 Å². The van der Waals surface area contributed by atoms with Gasteiger partial charge in [-0.3, -0.25) is 9.59 Å². The van der Waals surface area contributed by atoms with Gasteiger partial charge in [0.2, 0.25) is 0 Å². The summed E-state index contributed by atoms with van der Waals surface area (Å²) >= 11 is 10.6. The molecule has 0 aliphatic heterocycles. The van der Waals surface area contributed by atoms with Crippen molar-refractivity contribution in [2.24, 2.45) is 0 Å². The van der Waals surface area contributed by atoms with E-state index >= 15 is 0 Å². The van der Waals surface area contributed by atoms with Crippen molar-refractivity contribution < 1.29 is 9.59 Å². The maximum atomic E-state index is 11.8. The Morgan fingerprint density at radius 2 is 1.03 bits per heavy atom. The molecule has 2 aromatic carbocycles. The number of benzene rings is 2. The van der Waals surface area contributed by atoms with Gasteiger partial charge in [0.15, 0.2) is 12.6 Å². The summed E-state index contributed by atoms with van der Waals surface area (Å²) in [6, 6.07) is 8.45. The number of hydrogen-bond donors (Lipinski definition) is 0. The van der Waals surface area contributed by atoms with Gasteiger partial charge in [-0.15, -0.1) is 23.5 Å². The van der Waals surface area contributed by atoms with Crippen molar-refractivity contribution >= 4 is 68.0 Å². The lowest BCUT2D eigenvalue weighted by Gasteiger charge is -2.23. The third-order valence-electron chi connectivity index (χ3n) is 5.24. The molecular formula is C26H32Br2O2S2. The molecule has 174 valence electrons. The van der Waals surface area contributed by atoms with E-state index in [4.69, 9.17) is 0 Å². The summed E-state index contributed by atoms with van der Waals surface area (Å²) in [6.45, 7) is 13.0. The molecule has 0 aliphatic carbocycles. The fourth-order valence-electron chi connectivity index (χ4n) is 3.31. The van der Waals surface area contributed by atoms with Gasteiger partial charge in [-0.1, -0.05) is 85.5 Å². The lowest BCUT2D eigenvalue weighted by atomic mass is 9.85. The lowest BCUT2D eigenvalue weighted by molar-refractivity contribution is 0.111. The van der Waals surface area contributed by atoms with Gasteiger partial charge in [-0.05, 0) is 45.2 Å². The van der Waals surface area contributed by atoms with Gasteiger partial charge in [0.1, 0.15) is 0 Å². The quantitative estimate of drug-likeness (QED) is 0.125. The number of hydrogen-bond acceptors (Lipinski definition) is 4. The van der Waals surface area contributed by atoms with Crippen LogP contribution in [0, 0.1) is 0 Å². The molecule has 0 saturated carbocycles.